The third kappa shape index (κ3) is 5.92. The van der Waals surface area contributed by atoms with Crippen LogP contribution in [0, 0.1) is 6.92 Å². The van der Waals surface area contributed by atoms with E-state index in [1.165, 1.54) is 0 Å². The van der Waals surface area contributed by atoms with E-state index in [9.17, 15) is 13.0 Å². The molecule has 2 atom stereocenters. The van der Waals surface area contributed by atoms with Crippen molar-refractivity contribution in [3.05, 3.63) is 17.3 Å². The van der Waals surface area contributed by atoms with Crippen LogP contribution in [0.1, 0.15) is 51.9 Å². The molecule has 0 aromatic carbocycles. The monoisotopic (exact) mass is 335 g/mol. The van der Waals surface area contributed by atoms with Crippen LogP contribution in [0.25, 0.3) is 0 Å². The molecule has 1 aromatic heterocycles. The molecular weight excluding hydrogens is 312 g/mol. The second-order valence-corrected chi connectivity index (χ2v) is 8.33. The number of nitrogens with one attached hydrogen (secondary N) is 1. The molecule has 0 radical (unpaired) electrons. The van der Waals surface area contributed by atoms with Gasteiger partial charge < -0.3 is 4.74 Å². The summed E-state index contributed by atoms with van der Waals surface area (Å²) in [4.78, 5) is 0. The fourth-order valence-electron chi connectivity index (χ4n) is 1.44. The van der Waals surface area contributed by atoms with E-state index < -0.39 is 28.3 Å². The van der Waals surface area contributed by atoms with Crippen LogP contribution in [0.4, 0.5) is 8.78 Å². The molecule has 8 heteroatoms. The van der Waals surface area contributed by atoms with Gasteiger partial charge in [-0.2, -0.15) is 5.10 Å². The first-order valence-electron chi connectivity index (χ1n) is 6.93. The highest BCUT2D eigenvalue weighted by molar-refractivity contribution is 7.84. The average Bonchev–Trinajstić information content (AvgIpc) is 2.34. The predicted octanol–water partition coefficient (Wildman–Crippen LogP) is 2.93. The summed E-state index contributed by atoms with van der Waals surface area (Å²) in [7, 11) is -1.24. The van der Waals surface area contributed by atoms with Crippen LogP contribution in [0.2, 0.25) is 0 Å². The quantitative estimate of drug-likeness (QED) is 0.868. The standard InChI is InChI=1S/C14H23F2N3O2S/c1-9-7-11(10(2)19-22(20)13(3,4)5)17-18-12(9)21-8-14(6,15)16/h7,10,19H,8H2,1-6H3/t10-,22?/m1/s1. The first kappa shape index (κ1) is 18.9. The highest BCUT2D eigenvalue weighted by atomic mass is 32.2. The zero-order chi connectivity index (χ0) is 17.1. The normalized spacial score (nSPS) is 15.5. The van der Waals surface area contributed by atoms with Crippen molar-refractivity contribution in [2.45, 2.75) is 58.3 Å². The molecule has 0 saturated heterocycles. The van der Waals surface area contributed by atoms with E-state index >= 15 is 0 Å². The fourth-order valence-corrected chi connectivity index (χ4v) is 2.24. The van der Waals surface area contributed by atoms with Crippen LogP contribution >= 0.6 is 0 Å². The number of hydrogen-bond donors (Lipinski definition) is 1. The number of aryl methyl sites for hydroxylation is 1. The van der Waals surface area contributed by atoms with Crippen LogP contribution < -0.4 is 9.46 Å². The SMILES string of the molecule is Cc1cc([C@@H](C)NS(=O)C(C)(C)C)nnc1OCC(C)(F)F. The minimum absolute atomic E-state index is 0.0782. The molecule has 0 aliphatic carbocycles. The maximum Gasteiger partial charge on any atom is 0.278 e. The number of nitrogens with zero attached hydrogens (tertiary/aromatic N) is 2. The molecular formula is C14H23F2N3O2S. The van der Waals surface area contributed by atoms with Gasteiger partial charge in [-0.15, -0.1) is 5.10 Å². The molecule has 5 nitrogen and oxygen atoms in total. The summed E-state index contributed by atoms with van der Waals surface area (Å²) in [6.07, 6.45) is 0. The molecule has 0 fully saturated rings. The number of halogens is 2. The molecule has 1 N–H and O–H groups in total. The Bertz CT molecular complexity index is 542. The van der Waals surface area contributed by atoms with Gasteiger partial charge in [0, 0.05) is 12.5 Å². The molecule has 0 aliphatic rings. The molecule has 0 saturated carbocycles. The highest BCUT2D eigenvalue weighted by Gasteiger charge is 2.24. The topological polar surface area (TPSA) is 64.1 Å². The highest BCUT2D eigenvalue weighted by Crippen LogP contribution is 2.21. The molecule has 1 rings (SSSR count). The van der Waals surface area contributed by atoms with Gasteiger partial charge in [-0.3, -0.25) is 0 Å². The molecule has 0 spiro atoms. The van der Waals surface area contributed by atoms with Crippen LogP contribution in [-0.2, 0) is 11.0 Å². The lowest BCUT2D eigenvalue weighted by atomic mass is 10.2. The lowest BCUT2D eigenvalue weighted by molar-refractivity contribution is -0.0247. The largest absolute Gasteiger partial charge is 0.470 e. The number of rotatable bonds is 6. The Morgan fingerprint density at radius 2 is 1.91 bits per heavy atom. The van der Waals surface area contributed by atoms with Crippen molar-refractivity contribution in [3.8, 4) is 5.88 Å². The number of aromatic nitrogens is 2. The molecule has 1 unspecified atom stereocenters. The van der Waals surface area contributed by atoms with Gasteiger partial charge in [0.05, 0.1) is 27.5 Å². The first-order valence-corrected chi connectivity index (χ1v) is 8.08. The van der Waals surface area contributed by atoms with Crippen LogP contribution in [0.5, 0.6) is 5.88 Å². The Morgan fingerprint density at radius 3 is 2.36 bits per heavy atom. The molecule has 1 aromatic rings. The lowest BCUT2D eigenvalue weighted by Crippen LogP contribution is -2.35. The third-order valence-electron chi connectivity index (χ3n) is 2.70. The van der Waals surface area contributed by atoms with Gasteiger partial charge in [-0.1, -0.05) is 0 Å². The number of hydrogen-bond acceptors (Lipinski definition) is 4. The van der Waals surface area contributed by atoms with Gasteiger partial charge in [0.2, 0.25) is 5.88 Å². The van der Waals surface area contributed by atoms with Gasteiger partial charge >= 0.3 is 0 Å². The van der Waals surface area contributed by atoms with Crippen LogP contribution in [0.15, 0.2) is 6.07 Å². The Balaban J connectivity index is 2.78. The molecule has 0 aliphatic heterocycles. The molecule has 0 amide bonds. The summed E-state index contributed by atoms with van der Waals surface area (Å²) in [6.45, 7) is 9.13. The number of ether oxygens (including phenoxy) is 1. The maximum atomic E-state index is 12.8. The van der Waals surface area contributed by atoms with E-state index in [0.717, 1.165) is 6.92 Å². The first-order chi connectivity index (χ1) is 9.90. The van der Waals surface area contributed by atoms with E-state index in [2.05, 4.69) is 14.9 Å². The van der Waals surface area contributed by atoms with E-state index in [1.807, 2.05) is 27.7 Å². The van der Waals surface area contributed by atoms with Gasteiger partial charge in [-0.05, 0) is 40.7 Å². The van der Waals surface area contributed by atoms with Crippen molar-refractivity contribution in [2.75, 3.05) is 6.61 Å². The summed E-state index contributed by atoms with van der Waals surface area (Å²) in [5.74, 6) is -2.85. The molecule has 126 valence electrons. The minimum atomic E-state index is -2.93. The second kappa shape index (κ2) is 6.95. The summed E-state index contributed by atoms with van der Waals surface area (Å²) in [5.41, 5.74) is 1.18. The van der Waals surface area contributed by atoms with E-state index in [0.29, 0.717) is 11.3 Å². The Labute approximate surface area is 132 Å². The summed E-state index contributed by atoms with van der Waals surface area (Å²) >= 11 is 0. The van der Waals surface area contributed by atoms with Gasteiger partial charge in [0.1, 0.15) is 0 Å². The van der Waals surface area contributed by atoms with Crippen molar-refractivity contribution in [3.63, 3.8) is 0 Å². The zero-order valence-corrected chi connectivity index (χ0v) is 14.6. The van der Waals surface area contributed by atoms with Crippen LogP contribution in [-0.4, -0.2) is 31.7 Å². The van der Waals surface area contributed by atoms with E-state index in [4.69, 9.17) is 4.74 Å². The zero-order valence-electron chi connectivity index (χ0n) is 13.7. The molecule has 1 heterocycles. The second-order valence-electron chi connectivity index (χ2n) is 6.34. The van der Waals surface area contributed by atoms with Gasteiger partial charge in [-0.25, -0.2) is 17.7 Å². The van der Waals surface area contributed by atoms with Gasteiger partial charge in [0.15, 0.2) is 6.61 Å². The van der Waals surface area contributed by atoms with Crippen molar-refractivity contribution < 1.29 is 17.7 Å². The minimum Gasteiger partial charge on any atom is -0.470 e. The van der Waals surface area contributed by atoms with Gasteiger partial charge in [0.25, 0.3) is 5.92 Å². The molecule has 22 heavy (non-hydrogen) atoms. The smallest absolute Gasteiger partial charge is 0.278 e. The Hall–Kier alpha value is -1.15. The summed E-state index contributed by atoms with van der Waals surface area (Å²) < 4.78 is 45.1. The fraction of sp³-hybridized carbons (Fsp3) is 0.714. The predicted molar refractivity (Wildman–Crippen MR) is 82.3 cm³/mol. The maximum absolute atomic E-state index is 12.8. The molecule has 0 bridgehead atoms. The average molecular weight is 335 g/mol. The Morgan fingerprint density at radius 1 is 1.32 bits per heavy atom. The van der Waals surface area contributed by atoms with E-state index in [1.54, 1.807) is 13.0 Å². The van der Waals surface area contributed by atoms with Crippen molar-refractivity contribution in [1.29, 1.82) is 0 Å². The van der Waals surface area contributed by atoms with Crippen molar-refractivity contribution in [2.24, 2.45) is 0 Å². The summed E-state index contributed by atoms with van der Waals surface area (Å²) in [5, 5.41) is 7.79. The van der Waals surface area contributed by atoms with E-state index in [-0.39, 0.29) is 11.9 Å². The van der Waals surface area contributed by atoms with Crippen molar-refractivity contribution in [1.82, 2.24) is 14.9 Å². The summed E-state index contributed by atoms with van der Waals surface area (Å²) in [6, 6.07) is 1.40. The third-order valence-corrected chi connectivity index (χ3v) is 4.38. The lowest BCUT2D eigenvalue weighted by Gasteiger charge is -2.21. The Kier molecular flexibility index (Phi) is 5.97. The number of alkyl halides is 2. The van der Waals surface area contributed by atoms with Crippen molar-refractivity contribution >= 4 is 11.0 Å². The van der Waals surface area contributed by atoms with Crippen LogP contribution in [0.3, 0.4) is 0 Å².